The minimum atomic E-state index is -3.87. The zero-order chi connectivity index (χ0) is 18.8. The molecule has 2 aromatic rings. The standard InChI is InChI=1S/C17H19ClN2O4S/c1-11-5-8-15(24-4)16(9-11)25(22,23)19-12-6-7-13(14(18)10-12)17(21)20(2)3/h5-10,19H,1-4H3. The molecule has 0 aromatic heterocycles. The Kier molecular flexibility index (Phi) is 5.59. The molecule has 0 heterocycles. The Morgan fingerprint density at radius 3 is 2.40 bits per heavy atom. The predicted molar refractivity (Wildman–Crippen MR) is 98.0 cm³/mol. The molecule has 0 saturated carbocycles. The average Bonchev–Trinajstić information content (AvgIpc) is 2.54. The lowest BCUT2D eigenvalue weighted by Gasteiger charge is -2.14. The van der Waals surface area contributed by atoms with Gasteiger partial charge < -0.3 is 9.64 Å². The molecular formula is C17H19ClN2O4S. The van der Waals surface area contributed by atoms with Gasteiger partial charge in [-0.3, -0.25) is 9.52 Å². The molecule has 2 rings (SSSR count). The van der Waals surface area contributed by atoms with Crippen LogP contribution in [0, 0.1) is 6.92 Å². The normalized spacial score (nSPS) is 11.1. The molecular weight excluding hydrogens is 364 g/mol. The maximum absolute atomic E-state index is 12.7. The number of ether oxygens (including phenoxy) is 1. The topological polar surface area (TPSA) is 75.7 Å². The number of methoxy groups -OCH3 is 1. The summed E-state index contributed by atoms with van der Waals surface area (Å²) in [5, 5.41) is 0.162. The van der Waals surface area contributed by atoms with Crippen molar-refractivity contribution in [2.45, 2.75) is 11.8 Å². The Hall–Kier alpha value is -2.25. The van der Waals surface area contributed by atoms with Gasteiger partial charge in [0, 0.05) is 14.1 Å². The van der Waals surface area contributed by atoms with Crippen LogP contribution in [0.5, 0.6) is 5.75 Å². The fourth-order valence-electron chi connectivity index (χ4n) is 2.20. The monoisotopic (exact) mass is 382 g/mol. The zero-order valence-corrected chi connectivity index (χ0v) is 15.9. The molecule has 1 amide bonds. The van der Waals surface area contributed by atoms with Crippen LogP contribution in [0.25, 0.3) is 0 Å². The van der Waals surface area contributed by atoms with Crippen molar-refractivity contribution in [3.63, 3.8) is 0 Å². The summed E-state index contributed by atoms with van der Waals surface area (Å²) in [5.41, 5.74) is 1.33. The first-order valence-electron chi connectivity index (χ1n) is 7.34. The molecule has 8 heteroatoms. The van der Waals surface area contributed by atoms with Crippen molar-refractivity contribution in [3.8, 4) is 5.75 Å². The number of aryl methyl sites for hydroxylation is 1. The zero-order valence-electron chi connectivity index (χ0n) is 14.3. The Labute approximate surface area is 152 Å². The number of hydrogen-bond donors (Lipinski definition) is 1. The summed E-state index contributed by atoms with van der Waals surface area (Å²) in [6.07, 6.45) is 0. The second-order valence-corrected chi connectivity index (χ2v) is 7.71. The molecule has 0 fully saturated rings. The third kappa shape index (κ3) is 4.24. The Morgan fingerprint density at radius 1 is 1.16 bits per heavy atom. The van der Waals surface area contributed by atoms with Crippen LogP contribution in [-0.4, -0.2) is 40.4 Å². The number of carbonyl (C=O) groups is 1. The van der Waals surface area contributed by atoms with E-state index in [1.807, 2.05) is 0 Å². The van der Waals surface area contributed by atoms with Gasteiger partial charge in [0.05, 0.1) is 23.4 Å². The van der Waals surface area contributed by atoms with E-state index in [1.165, 1.54) is 36.3 Å². The molecule has 0 atom stereocenters. The van der Waals surface area contributed by atoms with Gasteiger partial charge in [0.2, 0.25) is 0 Å². The van der Waals surface area contributed by atoms with Crippen molar-refractivity contribution < 1.29 is 17.9 Å². The van der Waals surface area contributed by atoms with Crippen molar-refractivity contribution >= 4 is 33.2 Å². The molecule has 0 bridgehead atoms. The second-order valence-electron chi connectivity index (χ2n) is 5.65. The second kappa shape index (κ2) is 7.33. The highest BCUT2D eigenvalue weighted by Crippen LogP contribution is 2.28. The summed E-state index contributed by atoms with van der Waals surface area (Å²) < 4.78 is 32.9. The van der Waals surface area contributed by atoms with E-state index in [9.17, 15) is 13.2 Å². The number of benzene rings is 2. The molecule has 0 unspecified atom stereocenters. The molecule has 0 aliphatic carbocycles. The van der Waals surface area contributed by atoms with Crippen molar-refractivity contribution in [1.29, 1.82) is 0 Å². The van der Waals surface area contributed by atoms with Crippen LogP contribution in [0.3, 0.4) is 0 Å². The summed E-state index contributed by atoms with van der Waals surface area (Å²) in [6.45, 7) is 1.79. The van der Waals surface area contributed by atoms with E-state index in [4.69, 9.17) is 16.3 Å². The SMILES string of the molecule is COc1ccc(C)cc1S(=O)(=O)Nc1ccc(C(=O)N(C)C)c(Cl)c1. The van der Waals surface area contributed by atoms with Crippen LogP contribution in [0.1, 0.15) is 15.9 Å². The van der Waals surface area contributed by atoms with E-state index in [2.05, 4.69) is 4.72 Å². The largest absolute Gasteiger partial charge is 0.495 e. The van der Waals surface area contributed by atoms with Gasteiger partial charge in [-0.15, -0.1) is 0 Å². The van der Waals surface area contributed by atoms with Crippen molar-refractivity contribution in [1.82, 2.24) is 4.90 Å². The van der Waals surface area contributed by atoms with Gasteiger partial charge in [-0.1, -0.05) is 17.7 Å². The van der Waals surface area contributed by atoms with E-state index < -0.39 is 10.0 Å². The summed E-state index contributed by atoms with van der Waals surface area (Å²) in [5.74, 6) is -0.0247. The summed E-state index contributed by atoms with van der Waals surface area (Å²) in [6, 6.07) is 9.25. The van der Waals surface area contributed by atoms with Gasteiger partial charge in [-0.2, -0.15) is 0 Å². The lowest BCUT2D eigenvalue weighted by Crippen LogP contribution is -2.22. The van der Waals surface area contributed by atoms with Crippen molar-refractivity contribution in [2.75, 3.05) is 25.9 Å². The quantitative estimate of drug-likeness (QED) is 0.861. The lowest BCUT2D eigenvalue weighted by molar-refractivity contribution is 0.0828. The fourth-order valence-corrected chi connectivity index (χ4v) is 3.76. The number of amides is 1. The average molecular weight is 383 g/mol. The van der Waals surface area contributed by atoms with Crippen LogP contribution < -0.4 is 9.46 Å². The molecule has 0 aliphatic heterocycles. The van der Waals surface area contributed by atoms with Crippen molar-refractivity contribution in [3.05, 3.63) is 52.5 Å². The Bertz CT molecular complexity index is 911. The predicted octanol–water partition coefficient (Wildman–Crippen LogP) is 3.16. The Morgan fingerprint density at radius 2 is 1.84 bits per heavy atom. The molecule has 6 nitrogen and oxygen atoms in total. The van der Waals surface area contributed by atoms with Gasteiger partial charge >= 0.3 is 0 Å². The van der Waals surface area contributed by atoms with Gasteiger partial charge in [0.25, 0.3) is 15.9 Å². The smallest absolute Gasteiger partial charge is 0.265 e. The highest BCUT2D eigenvalue weighted by atomic mass is 35.5. The number of rotatable bonds is 5. The number of nitrogens with zero attached hydrogens (tertiary/aromatic N) is 1. The molecule has 134 valence electrons. The molecule has 0 spiro atoms. The maximum Gasteiger partial charge on any atom is 0.265 e. The minimum Gasteiger partial charge on any atom is -0.495 e. The van der Waals surface area contributed by atoms with Gasteiger partial charge in [0.1, 0.15) is 10.6 Å². The maximum atomic E-state index is 12.7. The minimum absolute atomic E-state index is 0.0274. The molecule has 0 aliphatic rings. The number of carbonyl (C=O) groups excluding carboxylic acids is 1. The summed E-state index contributed by atoms with van der Waals surface area (Å²) >= 11 is 6.12. The van der Waals surface area contributed by atoms with E-state index in [1.54, 1.807) is 33.2 Å². The number of halogens is 1. The Balaban J connectivity index is 2.38. The van der Waals surface area contributed by atoms with E-state index >= 15 is 0 Å². The molecule has 0 radical (unpaired) electrons. The lowest BCUT2D eigenvalue weighted by atomic mass is 10.2. The van der Waals surface area contributed by atoms with Crippen LogP contribution >= 0.6 is 11.6 Å². The van der Waals surface area contributed by atoms with E-state index in [0.717, 1.165) is 5.56 Å². The fraction of sp³-hybridized carbons (Fsp3) is 0.235. The number of anilines is 1. The van der Waals surface area contributed by atoms with Gasteiger partial charge in [-0.25, -0.2) is 8.42 Å². The van der Waals surface area contributed by atoms with E-state index in [0.29, 0.717) is 5.56 Å². The first-order valence-corrected chi connectivity index (χ1v) is 9.20. The van der Waals surface area contributed by atoms with E-state index in [-0.39, 0.29) is 27.3 Å². The first kappa shape index (κ1) is 19.1. The first-order chi connectivity index (χ1) is 11.7. The third-order valence-corrected chi connectivity index (χ3v) is 5.18. The van der Waals surface area contributed by atoms with Crippen LogP contribution in [-0.2, 0) is 10.0 Å². The highest BCUT2D eigenvalue weighted by molar-refractivity contribution is 7.92. The molecule has 1 N–H and O–H groups in total. The molecule has 0 saturated heterocycles. The van der Waals surface area contributed by atoms with Crippen molar-refractivity contribution in [2.24, 2.45) is 0 Å². The van der Waals surface area contributed by atoms with Crippen LogP contribution in [0.2, 0.25) is 5.02 Å². The number of sulfonamides is 1. The van der Waals surface area contributed by atoms with Gasteiger partial charge in [-0.05, 0) is 42.8 Å². The number of nitrogens with one attached hydrogen (secondary N) is 1. The molecule has 25 heavy (non-hydrogen) atoms. The number of hydrogen-bond acceptors (Lipinski definition) is 4. The highest BCUT2D eigenvalue weighted by Gasteiger charge is 2.21. The van der Waals surface area contributed by atoms with Crippen LogP contribution in [0.4, 0.5) is 5.69 Å². The third-order valence-electron chi connectivity index (χ3n) is 3.47. The summed E-state index contributed by atoms with van der Waals surface area (Å²) in [4.78, 5) is 13.4. The van der Waals surface area contributed by atoms with Gasteiger partial charge in [0.15, 0.2) is 0 Å². The molecule has 2 aromatic carbocycles. The van der Waals surface area contributed by atoms with Crippen LogP contribution in [0.15, 0.2) is 41.3 Å². The summed E-state index contributed by atoms with van der Waals surface area (Å²) in [7, 11) is 0.752.